The molecule has 0 unspecified atom stereocenters. The van der Waals surface area contributed by atoms with E-state index in [-0.39, 0.29) is 6.04 Å². The van der Waals surface area contributed by atoms with Gasteiger partial charge in [0.15, 0.2) is 0 Å². The molecule has 2 aromatic rings. The first-order chi connectivity index (χ1) is 11.9. The van der Waals surface area contributed by atoms with E-state index in [1.165, 1.54) is 6.20 Å². The van der Waals surface area contributed by atoms with Crippen LogP contribution in [0.15, 0.2) is 35.0 Å². The highest BCUT2D eigenvalue weighted by Crippen LogP contribution is 2.35. The Labute approximate surface area is 147 Å². The Hall–Kier alpha value is -2.63. The van der Waals surface area contributed by atoms with Crippen LogP contribution >= 0.6 is 0 Å². The van der Waals surface area contributed by atoms with Gasteiger partial charge in [-0.05, 0) is 56.4 Å². The Bertz CT molecular complexity index is 784. The molecule has 2 aromatic heterocycles. The van der Waals surface area contributed by atoms with Crippen LogP contribution in [0.3, 0.4) is 0 Å². The minimum absolute atomic E-state index is 0.202. The number of piperidine rings is 1. The Morgan fingerprint density at radius 1 is 1.28 bits per heavy atom. The summed E-state index contributed by atoms with van der Waals surface area (Å²) in [6.45, 7) is 6.46. The molecule has 0 saturated carbocycles. The third-order valence-electron chi connectivity index (χ3n) is 4.54. The normalized spacial score (nSPS) is 20.4. The number of carbonyl (C=O) groups excluding carboxylic acids is 2. The number of hydrogen-bond acceptors (Lipinski definition) is 4. The predicted octanol–water partition coefficient (Wildman–Crippen LogP) is 3.23. The van der Waals surface area contributed by atoms with Crippen molar-refractivity contribution in [3.63, 3.8) is 0 Å². The monoisotopic (exact) mass is 341 g/mol. The average molecular weight is 341 g/mol. The van der Waals surface area contributed by atoms with Crippen molar-refractivity contribution in [2.75, 3.05) is 11.9 Å². The molecule has 2 atom stereocenters. The van der Waals surface area contributed by atoms with E-state index in [0.29, 0.717) is 18.2 Å². The maximum Gasteiger partial charge on any atom is 0.313 e. The van der Waals surface area contributed by atoms with E-state index < -0.39 is 11.8 Å². The van der Waals surface area contributed by atoms with Crippen molar-refractivity contribution in [3.05, 3.63) is 47.7 Å². The number of nitrogens with one attached hydrogen (secondary N) is 1. The number of nitrogens with zero attached hydrogens (tertiary/aromatic N) is 2. The summed E-state index contributed by atoms with van der Waals surface area (Å²) in [6, 6.07) is 5.35. The summed E-state index contributed by atoms with van der Waals surface area (Å²) in [5.41, 5.74) is 1.44. The molecular weight excluding hydrogens is 318 g/mol. The smallest absolute Gasteiger partial charge is 0.313 e. The highest BCUT2D eigenvalue weighted by molar-refractivity contribution is 6.39. The lowest BCUT2D eigenvalue weighted by Crippen LogP contribution is -2.45. The molecule has 3 heterocycles. The SMILES string of the molecule is Cc1cncc(NC(=O)C(=O)N2CC[C@H](C)C[C@@H]2c2ccc(C)o2)c1. The second kappa shape index (κ2) is 7.09. The van der Waals surface area contributed by atoms with Gasteiger partial charge in [0.25, 0.3) is 0 Å². The molecule has 1 aliphatic rings. The maximum absolute atomic E-state index is 12.7. The van der Waals surface area contributed by atoms with Crippen LogP contribution < -0.4 is 5.32 Å². The first-order valence-corrected chi connectivity index (χ1v) is 8.54. The van der Waals surface area contributed by atoms with Crippen LogP contribution in [0.1, 0.15) is 42.9 Å². The molecule has 6 heteroatoms. The molecule has 0 spiro atoms. The van der Waals surface area contributed by atoms with Crippen LogP contribution in [0.5, 0.6) is 0 Å². The largest absolute Gasteiger partial charge is 0.464 e. The second-order valence-corrected chi connectivity index (χ2v) is 6.80. The van der Waals surface area contributed by atoms with E-state index in [2.05, 4.69) is 17.2 Å². The highest BCUT2D eigenvalue weighted by Gasteiger charge is 2.35. The second-order valence-electron chi connectivity index (χ2n) is 6.80. The van der Waals surface area contributed by atoms with Gasteiger partial charge in [-0.2, -0.15) is 0 Å². The van der Waals surface area contributed by atoms with Crippen molar-refractivity contribution in [1.29, 1.82) is 0 Å². The molecule has 1 aliphatic heterocycles. The van der Waals surface area contributed by atoms with Crippen molar-refractivity contribution >= 4 is 17.5 Å². The van der Waals surface area contributed by atoms with Crippen molar-refractivity contribution in [2.45, 2.75) is 39.7 Å². The van der Waals surface area contributed by atoms with E-state index >= 15 is 0 Å². The molecule has 0 aromatic carbocycles. The van der Waals surface area contributed by atoms with Gasteiger partial charge in [0.1, 0.15) is 11.5 Å². The molecule has 132 valence electrons. The first-order valence-electron chi connectivity index (χ1n) is 8.54. The molecule has 0 bridgehead atoms. The van der Waals surface area contributed by atoms with Gasteiger partial charge in [-0.3, -0.25) is 14.6 Å². The molecule has 1 N–H and O–H groups in total. The third kappa shape index (κ3) is 3.90. The first kappa shape index (κ1) is 17.2. The zero-order valence-corrected chi connectivity index (χ0v) is 14.8. The lowest BCUT2D eigenvalue weighted by atomic mass is 9.91. The van der Waals surface area contributed by atoms with Crippen molar-refractivity contribution in [1.82, 2.24) is 9.88 Å². The van der Waals surface area contributed by atoms with Crippen molar-refractivity contribution in [3.8, 4) is 0 Å². The number of aromatic nitrogens is 1. The van der Waals surface area contributed by atoms with Crippen LogP contribution in [0.2, 0.25) is 0 Å². The lowest BCUT2D eigenvalue weighted by molar-refractivity contribution is -0.146. The van der Waals surface area contributed by atoms with Crippen molar-refractivity contribution in [2.24, 2.45) is 5.92 Å². The number of aryl methyl sites for hydroxylation is 2. The summed E-state index contributed by atoms with van der Waals surface area (Å²) in [6.07, 6.45) is 4.89. The van der Waals surface area contributed by atoms with E-state index in [9.17, 15) is 9.59 Å². The average Bonchev–Trinajstić information content (AvgIpc) is 3.00. The van der Waals surface area contributed by atoms with Gasteiger partial charge in [-0.15, -0.1) is 0 Å². The fourth-order valence-corrected chi connectivity index (χ4v) is 3.23. The number of pyridine rings is 1. The standard InChI is InChI=1S/C19H23N3O3/c1-12-6-7-22(16(9-12)17-5-4-14(3)25-17)19(24)18(23)21-15-8-13(2)10-20-11-15/h4-5,8,10-12,16H,6-7,9H2,1-3H3,(H,21,23)/t12-,16+/m0/s1. The Morgan fingerprint density at radius 2 is 2.08 bits per heavy atom. The predicted molar refractivity (Wildman–Crippen MR) is 93.9 cm³/mol. The number of amides is 2. The molecule has 25 heavy (non-hydrogen) atoms. The molecule has 6 nitrogen and oxygen atoms in total. The fraction of sp³-hybridized carbons (Fsp3) is 0.421. The van der Waals surface area contributed by atoms with Crippen LogP contribution in [0, 0.1) is 19.8 Å². The zero-order valence-electron chi connectivity index (χ0n) is 14.8. The Kier molecular flexibility index (Phi) is 4.88. The molecule has 0 aliphatic carbocycles. The highest BCUT2D eigenvalue weighted by atomic mass is 16.3. The number of carbonyl (C=O) groups is 2. The van der Waals surface area contributed by atoms with Gasteiger partial charge >= 0.3 is 11.8 Å². The molecule has 0 radical (unpaired) electrons. The number of anilines is 1. The minimum Gasteiger partial charge on any atom is -0.464 e. The van der Waals surface area contributed by atoms with Crippen LogP contribution in [-0.4, -0.2) is 28.2 Å². The summed E-state index contributed by atoms with van der Waals surface area (Å²) in [4.78, 5) is 30.8. The summed E-state index contributed by atoms with van der Waals surface area (Å²) in [5, 5.41) is 2.64. The topological polar surface area (TPSA) is 75.4 Å². The van der Waals surface area contributed by atoms with Gasteiger partial charge in [-0.1, -0.05) is 6.92 Å². The van der Waals surface area contributed by atoms with E-state index in [1.807, 2.05) is 26.0 Å². The van der Waals surface area contributed by atoms with Crippen LogP contribution in [0.4, 0.5) is 5.69 Å². The van der Waals surface area contributed by atoms with Crippen LogP contribution in [0.25, 0.3) is 0 Å². The van der Waals surface area contributed by atoms with Gasteiger partial charge in [0.2, 0.25) is 0 Å². The third-order valence-corrected chi connectivity index (χ3v) is 4.54. The van der Waals surface area contributed by atoms with Gasteiger partial charge in [-0.25, -0.2) is 0 Å². The van der Waals surface area contributed by atoms with E-state index in [1.54, 1.807) is 17.2 Å². The summed E-state index contributed by atoms with van der Waals surface area (Å²) in [7, 11) is 0. The Balaban J connectivity index is 1.77. The number of hydrogen-bond donors (Lipinski definition) is 1. The number of likely N-dealkylation sites (tertiary alicyclic amines) is 1. The lowest BCUT2D eigenvalue weighted by Gasteiger charge is -2.36. The van der Waals surface area contributed by atoms with Crippen molar-refractivity contribution < 1.29 is 14.0 Å². The molecule has 2 amide bonds. The fourth-order valence-electron chi connectivity index (χ4n) is 3.23. The van der Waals surface area contributed by atoms with Gasteiger partial charge in [0, 0.05) is 12.7 Å². The summed E-state index contributed by atoms with van der Waals surface area (Å²) < 4.78 is 5.73. The zero-order chi connectivity index (χ0) is 18.0. The number of rotatable bonds is 2. The maximum atomic E-state index is 12.7. The summed E-state index contributed by atoms with van der Waals surface area (Å²) >= 11 is 0. The molecule has 1 fully saturated rings. The Morgan fingerprint density at radius 3 is 2.76 bits per heavy atom. The summed E-state index contributed by atoms with van der Waals surface area (Å²) in [5.74, 6) is 0.838. The number of furan rings is 1. The van der Waals surface area contributed by atoms with E-state index in [4.69, 9.17) is 4.42 Å². The van der Waals surface area contributed by atoms with Gasteiger partial charge in [0.05, 0.1) is 17.9 Å². The molecule has 1 saturated heterocycles. The van der Waals surface area contributed by atoms with E-state index in [0.717, 1.165) is 29.9 Å². The minimum atomic E-state index is -0.643. The van der Waals surface area contributed by atoms with Crippen LogP contribution in [-0.2, 0) is 9.59 Å². The van der Waals surface area contributed by atoms with Gasteiger partial charge < -0.3 is 14.6 Å². The molecule has 3 rings (SSSR count). The quantitative estimate of drug-likeness (QED) is 0.851. The molecular formula is C19H23N3O3.